The van der Waals surface area contributed by atoms with Gasteiger partial charge in [-0.15, -0.1) is 0 Å². The van der Waals surface area contributed by atoms with Gasteiger partial charge in [0.05, 0.1) is 6.04 Å². The van der Waals surface area contributed by atoms with Gasteiger partial charge in [-0.3, -0.25) is 9.80 Å². The number of halogens is 1. The smallest absolute Gasteiger partial charge is 0.244 e. The zero-order chi connectivity index (χ0) is 19.5. The maximum absolute atomic E-state index is 5.99. The molecule has 1 saturated heterocycles. The van der Waals surface area contributed by atoms with Gasteiger partial charge in [0.15, 0.2) is 0 Å². The van der Waals surface area contributed by atoms with Crippen LogP contribution in [-0.4, -0.2) is 51.1 Å². The van der Waals surface area contributed by atoms with Crippen molar-refractivity contribution in [3.05, 3.63) is 64.8 Å². The molecule has 1 atom stereocenters. The van der Waals surface area contributed by atoms with Gasteiger partial charge in [-0.05, 0) is 31.5 Å². The van der Waals surface area contributed by atoms with Crippen molar-refractivity contribution in [2.24, 2.45) is 0 Å². The monoisotopic (exact) mass is 397 g/mol. The predicted octanol–water partition coefficient (Wildman–Crippen LogP) is 3.97. The number of aryl methyl sites for hydroxylation is 1. The van der Waals surface area contributed by atoms with Crippen molar-refractivity contribution in [3.63, 3.8) is 0 Å². The molecule has 0 N–H and O–H groups in total. The van der Waals surface area contributed by atoms with Crippen LogP contribution in [0.5, 0.6) is 0 Å². The minimum absolute atomic E-state index is 0.101. The first-order valence-corrected chi connectivity index (χ1v) is 9.94. The van der Waals surface area contributed by atoms with Gasteiger partial charge in [0.25, 0.3) is 0 Å². The zero-order valence-electron chi connectivity index (χ0n) is 16.2. The Balaban J connectivity index is 1.35. The Morgan fingerprint density at radius 2 is 1.86 bits per heavy atom. The molecule has 3 aromatic rings. The number of rotatable bonds is 5. The topological polar surface area (TPSA) is 58.3 Å². The molecule has 0 aliphatic carbocycles. The molecule has 3 heterocycles. The standard InChI is InChI=1S/C21H24ClN5O/c1-15-3-5-18(6-4-15)20-24-21(28-25-20)16(2)27-11-9-26(10-12-27)14-17-7-8-23-19(22)13-17/h3-8,13,16H,9-12,14H2,1-2H3. The summed E-state index contributed by atoms with van der Waals surface area (Å²) in [5.74, 6) is 1.32. The summed E-state index contributed by atoms with van der Waals surface area (Å²) in [6.07, 6.45) is 1.76. The van der Waals surface area contributed by atoms with Gasteiger partial charge in [0, 0.05) is 44.5 Å². The van der Waals surface area contributed by atoms with Gasteiger partial charge < -0.3 is 4.52 Å². The van der Waals surface area contributed by atoms with Crippen molar-refractivity contribution >= 4 is 11.6 Å². The zero-order valence-corrected chi connectivity index (χ0v) is 16.9. The molecule has 1 aliphatic rings. The summed E-state index contributed by atoms with van der Waals surface area (Å²) >= 11 is 5.99. The van der Waals surface area contributed by atoms with Crippen LogP contribution in [-0.2, 0) is 6.54 Å². The molecule has 0 spiro atoms. The molecule has 0 saturated carbocycles. The Kier molecular flexibility index (Phi) is 5.71. The third kappa shape index (κ3) is 4.41. The highest BCUT2D eigenvalue weighted by Crippen LogP contribution is 2.24. The average molecular weight is 398 g/mol. The highest BCUT2D eigenvalue weighted by atomic mass is 35.5. The molecule has 1 fully saturated rings. The Bertz CT molecular complexity index is 919. The second kappa shape index (κ2) is 8.39. The predicted molar refractivity (Wildman–Crippen MR) is 109 cm³/mol. The Labute approximate surface area is 170 Å². The summed E-state index contributed by atoms with van der Waals surface area (Å²) in [4.78, 5) is 13.5. The normalized spacial score (nSPS) is 17.0. The summed E-state index contributed by atoms with van der Waals surface area (Å²) in [5, 5.41) is 4.72. The highest BCUT2D eigenvalue weighted by molar-refractivity contribution is 6.29. The summed E-state index contributed by atoms with van der Waals surface area (Å²) in [7, 11) is 0. The van der Waals surface area contributed by atoms with Crippen molar-refractivity contribution in [3.8, 4) is 11.4 Å². The van der Waals surface area contributed by atoms with E-state index in [0.717, 1.165) is 38.3 Å². The molecule has 1 unspecified atom stereocenters. The van der Waals surface area contributed by atoms with E-state index in [1.54, 1.807) is 6.20 Å². The molecular weight excluding hydrogens is 374 g/mol. The SMILES string of the molecule is Cc1ccc(-c2noc(C(C)N3CCN(Cc4ccnc(Cl)c4)CC3)n2)cc1. The lowest BCUT2D eigenvalue weighted by Crippen LogP contribution is -2.46. The summed E-state index contributed by atoms with van der Waals surface area (Å²) in [6, 6.07) is 12.2. The van der Waals surface area contributed by atoms with Crippen LogP contribution in [0.3, 0.4) is 0 Å². The first-order valence-electron chi connectivity index (χ1n) is 9.56. The first kappa shape index (κ1) is 19.1. The van der Waals surface area contributed by atoms with Gasteiger partial charge in [0.1, 0.15) is 5.15 Å². The van der Waals surface area contributed by atoms with Gasteiger partial charge in [-0.25, -0.2) is 4.98 Å². The Hall–Kier alpha value is -2.28. The molecule has 0 bridgehead atoms. The van der Waals surface area contributed by atoms with Gasteiger partial charge in [0.2, 0.25) is 11.7 Å². The van der Waals surface area contributed by atoms with Crippen molar-refractivity contribution in [1.82, 2.24) is 24.9 Å². The molecule has 1 aliphatic heterocycles. The average Bonchev–Trinajstić information content (AvgIpc) is 3.19. The minimum atomic E-state index is 0.101. The van der Waals surface area contributed by atoms with Crippen LogP contribution >= 0.6 is 11.6 Å². The molecule has 146 valence electrons. The fourth-order valence-corrected chi connectivity index (χ4v) is 3.69. The molecular formula is C21H24ClN5O. The summed E-state index contributed by atoms with van der Waals surface area (Å²) in [5.41, 5.74) is 3.39. The van der Waals surface area contributed by atoms with Crippen molar-refractivity contribution in [2.75, 3.05) is 26.2 Å². The van der Waals surface area contributed by atoms with E-state index in [1.807, 2.05) is 24.3 Å². The molecule has 0 amide bonds. The first-order chi connectivity index (χ1) is 13.6. The van der Waals surface area contributed by atoms with Crippen LogP contribution in [0, 0.1) is 6.92 Å². The van der Waals surface area contributed by atoms with Crippen LogP contribution in [0.25, 0.3) is 11.4 Å². The third-order valence-electron chi connectivity index (χ3n) is 5.26. The minimum Gasteiger partial charge on any atom is -0.337 e. The van der Waals surface area contributed by atoms with E-state index in [2.05, 4.69) is 50.9 Å². The lowest BCUT2D eigenvalue weighted by molar-refractivity contribution is 0.0845. The Morgan fingerprint density at radius 1 is 1.11 bits per heavy atom. The van der Waals surface area contributed by atoms with Gasteiger partial charge in [-0.1, -0.05) is 46.6 Å². The van der Waals surface area contributed by atoms with Crippen molar-refractivity contribution in [1.29, 1.82) is 0 Å². The van der Waals surface area contributed by atoms with E-state index in [1.165, 1.54) is 11.1 Å². The van der Waals surface area contributed by atoms with Crippen LogP contribution in [0.2, 0.25) is 5.15 Å². The van der Waals surface area contributed by atoms with E-state index >= 15 is 0 Å². The van der Waals surface area contributed by atoms with Crippen LogP contribution < -0.4 is 0 Å². The lowest BCUT2D eigenvalue weighted by atomic mass is 10.1. The van der Waals surface area contributed by atoms with Gasteiger partial charge in [-0.2, -0.15) is 4.98 Å². The van der Waals surface area contributed by atoms with E-state index in [9.17, 15) is 0 Å². The second-order valence-electron chi connectivity index (χ2n) is 7.30. The molecule has 4 rings (SSSR count). The van der Waals surface area contributed by atoms with E-state index in [4.69, 9.17) is 16.1 Å². The Morgan fingerprint density at radius 3 is 2.57 bits per heavy atom. The van der Waals surface area contributed by atoms with E-state index < -0.39 is 0 Å². The molecule has 0 radical (unpaired) electrons. The fourth-order valence-electron chi connectivity index (χ4n) is 3.49. The van der Waals surface area contributed by atoms with E-state index in [0.29, 0.717) is 16.9 Å². The second-order valence-corrected chi connectivity index (χ2v) is 7.68. The van der Waals surface area contributed by atoms with Crippen LogP contribution in [0.4, 0.5) is 0 Å². The summed E-state index contributed by atoms with van der Waals surface area (Å²) in [6.45, 7) is 8.99. The number of pyridine rings is 1. The molecule has 6 nitrogen and oxygen atoms in total. The van der Waals surface area contributed by atoms with E-state index in [-0.39, 0.29) is 6.04 Å². The molecule has 28 heavy (non-hydrogen) atoms. The van der Waals surface area contributed by atoms with Crippen molar-refractivity contribution < 1.29 is 4.52 Å². The maximum atomic E-state index is 5.99. The van der Waals surface area contributed by atoms with Crippen LogP contribution in [0.1, 0.15) is 30.0 Å². The summed E-state index contributed by atoms with van der Waals surface area (Å²) < 4.78 is 5.56. The highest BCUT2D eigenvalue weighted by Gasteiger charge is 2.26. The number of benzene rings is 1. The molecule has 1 aromatic carbocycles. The van der Waals surface area contributed by atoms with Crippen molar-refractivity contribution in [2.45, 2.75) is 26.4 Å². The van der Waals surface area contributed by atoms with Gasteiger partial charge >= 0.3 is 0 Å². The third-order valence-corrected chi connectivity index (χ3v) is 5.47. The number of nitrogens with zero attached hydrogens (tertiary/aromatic N) is 5. The number of hydrogen-bond donors (Lipinski definition) is 0. The molecule has 2 aromatic heterocycles. The maximum Gasteiger partial charge on any atom is 0.244 e. The number of aromatic nitrogens is 3. The van der Waals surface area contributed by atoms with Crippen LogP contribution in [0.15, 0.2) is 47.1 Å². The molecule has 7 heteroatoms. The largest absolute Gasteiger partial charge is 0.337 e. The number of piperazine rings is 1. The lowest BCUT2D eigenvalue weighted by Gasteiger charge is -2.36. The number of hydrogen-bond acceptors (Lipinski definition) is 6. The fraction of sp³-hybridized carbons (Fsp3) is 0.381. The quantitative estimate of drug-likeness (QED) is 0.607.